The second kappa shape index (κ2) is 12.1. The van der Waals surface area contributed by atoms with Crippen LogP contribution in [0.2, 0.25) is 0 Å². The number of benzene rings is 2. The van der Waals surface area contributed by atoms with Crippen LogP contribution in [0.1, 0.15) is 22.3 Å². The van der Waals surface area contributed by atoms with E-state index in [1.807, 2.05) is 35.0 Å². The van der Waals surface area contributed by atoms with Crippen molar-refractivity contribution in [2.45, 2.75) is 19.5 Å². The summed E-state index contributed by atoms with van der Waals surface area (Å²) in [6, 6.07) is 16.3. The molecule has 5 aromatic rings. The molecule has 0 unspecified atom stereocenters. The zero-order valence-electron chi connectivity index (χ0n) is 22.7. The molecule has 0 saturated carbocycles. The van der Waals surface area contributed by atoms with Gasteiger partial charge in [-0.3, -0.25) is 9.10 Å². The van der Waals surface area contributed by atoms with Crippen molar-refractivity contribution in [2.24, 2.45) is 0 Å². The Bertz CT molecular complexity index is 1750. The third-order valence-corrected chi connectivity index (χ3v) is 7.70. The van der Waals surface area contributed by atoms with Crippen LogP contribution in [0, 0.1) is 0 Å². The van der Waals surface area contributed by atoms with Crippen molar-refractivity contribution < 1.29 is 13.2 Å². The van der Waals surface area contributed by atoms with Crippen molar-refractivity contribution >= 4 is 50.1 Å². The van der Waals surface area contributed by atoms with Crippen molar-refractivity contribution in [3.8, 4) is 0 Å². The molecule has 0 saturated heterocycles. The van der Waals surface area contributed by atoms with Gasteiger partial charge in [0.15, 0.2) is 0 Å². The molecular formula is C28H31N9O3S. The number of anilines is 4. The Hall–Kier alpha value is -4.91. The topological polar surface area (TPSA) is 150 Å². The molecule has 0 fully saturated rings. The van der Waals surface area contributed by atoms with E-state index >= 15 is 0 Å². The molecule has 13 heteroatoms. The fourth-order valence-corrected chi connectivity index (χ4v) is 4.84. The Morgan fingerprint density at radius 3 is 2.76 bits per heavy atom. The zero-order chi connectivity index (χ0) is 28.8. The number of hydrogen-bond donors (Lipinski definition) is 4. The van der Waals surface area contributed by atoms with Crippen molar-refractivity contribution in [3.63, 3.8) is 0 Å². The molecule has 1 amide bonds. The molecule has 2 aromatic carbocycles. The Morgan fingerprint density at radius 2 is 1.95 bits per heavy atom. The number of amides is 1. The van der Waals surface area contributed by atoms with E-state index in [1.165, 1.54) is 17.6 Å². The van der Waals surface area contributed by atoms with E-state index in [2.05, 4.69) is 35.9 Å². The molecule has 3 aromatic heterocycles. The van der Waals surface area contributed by atoms with Gasteiger partial charge in [0.25, 0.3) is 5.91 Å². The monoisotopic (exact) mass is 573 g/mol. The lowest BCUT2D eigenvalue weighted by Crippen LogP contribution is -2.26. The lowest BCUT2D eigenvalue weighted by molar-refractivity contribution is 0.0952. The highest BCUT2D eigenvalue weighted by atomic mass is 32.2. The second-order valence-electron chi connectivity index (χ2n) is 9.46. The lowest BCUT2D eigenvalue weighted by atomic mass is 10.1. The largest absolute Gasteiger partial charge is 0.365 e. The van der Waals surface area contributed by atoms with Gasteiger partial charge in [0.1, 0.15) is 11.5 Å². The summed E-state index contributed by atoms with van der Waals surface area (Å²) in [4.78, 5) is 29.1. The van der Waals surface area contributed by atoms with Crippen LogP contribution < -0.4 is 20.3 Å². The van der Waals surface area contributed by atoms with Crippen molar-refractivity contribution in [1.29, 1.82) is 0 Å². The number of rotatable bonds is 12. The Labute approximate surface area is 237 Å². The molecule has 12 nitrogen and oxygen atoms in total. The Kier molecular flexibility index (Phi) is 8.15. The maximum Gasteiger partial charge on any atom is 0.251 e. The normalized spacial score (nSPS) is 11.4. The van der Waals surface area contributed by atoms with Gasteiger partial charge in [-0.05, 0) is 42.3 Å². The molecule has 0 radical (unpaired) electrons. The van der Waals surface area contributed by atoms with E-state index in [1.54, 1.807) is 49.1 Å². The molecular weight excluding hydrogens is 542 g/mol. The van der Waals surface area contributed by atoms with Gasteiger partial charge in [-0.1, -0.05) is 24.3 Å². The van der Waals surface area contributed by atoms with Gasteiger partial charge < -0.3 is 25.5 Å². The van der Waals surface area contributed by atoms with E-state index in [0.29, 0.717) is 47.4 Å². The highest BCUT2D eigenvalue weighted by Crippen LogP contribution is 2.26. The van der Waals surface area contributed by atoms with Gasteiger partial charge in [-0.25, -0.2) is 13.4 Å². The van der Waals surface area contributed by atoms with E-state index in [4.69, 9.17) is 0 Å². The number of fused-ring (bicyclic) bond motifs is 1. The van der Waals surface area contributed by atoms with Gasteiger partial charge in [-0.15, -0.1) is 0 Å². The van der Waals surface area contributed by atoms with Crippen LogP contribution in [0.15, 0.2) is 79.5 Å². The second-order valence-corrected chi connectivity index (χ2v) is 11.5. The molecule has 0 bridgehead atoms. The number of carbonyl (C=O) groups excluding carboxylic acids is 1. The van der Waals surface area contributed by atoms with Crippen LogP contribution in [0.4, 0.5) is 23.1 Å². The number of nitrogens with zero attached hydrogens (tertiary/aromatic N) is 5. The van der Waals surface area contributed by atoms with Gasteiger partial charge in [0.2, 0.25) is 16.0 Å². The van der Waals surface area contributed by atoms with E-state index in [-0.39, 0.29) is 5.91 Å². The fourth-order valence-electron chi connectivity index (χ4n) is 4.31. The van der Waals surface area contributed by atoms with Crippen molar-refractivity contribution in [3.05, 3.63) is 90.6 Å². The quantitative estimate of drug-likeness (QED) is 0.165. The summed E-state index contributed by atoms with van der Waals surface area (Å²) < 4.78 is 27.5. The van der Waals surface area contributed by atoms with Crippen molar-refractivity contribution in [2.75, 3.05) is 34.8 Å². The molecule has 0 aliphatic rings. The molecule has 0 aliphatic carbocycles. The number of aromatic amines is 1. The summed E-state index contributed by atoms with van der Waals surface area (Å²) in [6.07, 6.45) is 9.10. The molecule has 0 atom stereocenters. The van der Waals surface area contributed by atoms with Crippen LogP contribution in [0.5, 0.6) is 0 Å². The minimum atomic E-state index is -3.42. The summed E-state index contributed by atoms with van der Waals surface area (Å²) in [6.45, 7) is 1.65. The first-order valence-electron chi connectivity index (χ1n) is 13.0. The maximum atomic E-state index is 12.7. The average Bonchev–Trinajstić information content (AvgIpc) is 3.66. The van der Waals surface area contributed by atoms with Gasteiger partial charge in [0, 0.05) is 56.5 Å². The van der Waals surface area contributed by atoms with E-state index < -0.39 is 10.0 Å². The first kappa shape index (κ1) is 27.6. The summed E-state index contributed by atoms with van der Waals surface area (Å²) in [5.41, 5.74) is 3.17. The van der Waals surface area contributed by atoms with Gasteiger partial charge >= 0.3 is 0 Å². The van der Waals surface area contributed by atoms with Crippen LogP contribution in [-0.2, 0) is 23.1 Å². The fraction of sp³-hybridized carbons (Fsp3) is 0.214. The molecule has 212 valence electrons. The number of sulfonamides is 1. The minimum absolute atomic E-state index is 0.167. The number of carbonyl (C=O) groups is 1. The smallest absolute Gasteiger partial charge is 0.251 e. The SMILES string of the molecule is CN(c1ccccc1CNc1nc(Nc2cccc(C(=O)NCCCn3ccnc3)c2)nc2[nH]ccc12)S(C)(=O)=O. The predicted molar refractivity (Wildman–Crippen MR) is 160 cm³/mol. The minimum Gasteiger partial charge on any atom is -0.365 e. The molecule has 41 heavy (non-hydrogen) atoms. The number of imidazole rings is 1. The highest BCUT2D eigenvalue weighted by molar-refractivity contribution is 7.92. The Balaban J connectivity index is 1.28. The molecule has 3 heterocycles. The standard InChI is InChI=1S/C28H31N9O3S/c1-36(41(2,39)40)24-10-4-3-7-21(24)18-32-26-23-11-13-30-25(23)34-28(35-26)33-22-9-5-8-20(17-22)27(38)31-12-6-15-37-16-14-29-19-37/h3-5,7-11,13-14,16-17,19H,6,12,15,18H2,1-2H3,(H,31,38)(H3,30,32,33,34,35). The number of para-hydroxylation sites is 1. The van der Waals surface area contributed by atoms with E-state index in [9.17, 15) is 13.2 Å². The maximum absolute atomic E-state index is 12.7. The summed E-state index contributed by atoms with van der Waals surface area (Å²) in [5, 5.41) is 10.3. The number of nitrogens with one attached hydrogen (secondary N) is 4. The van der Waals surface area contributed by atoms with Gasteiger partial charge in [0.05, 0.1) is 23.7 Å². The number of hydrogen-bond acceptors (Lipinski definition) is 8. The number of aromatic nitrogens is 5. The van der Waals surface area contributed by atoms with Crippen LogP contribution in [0.25, 0.3) is 11.0 Å². The predicted octanol–water partition coefficient (Wildman–Crippen LogP) is 3.73. The lowest BCUT2D eigenvalue weighted by Gasteiger charge is -2.20. The molecule has 5 rings (SSSR count). The molecule has 4 N–H and O–H groups in total. The van der Waals surface area contributed by atoms with Crippen molar-refractivity contribution in [1.82, 2.24) is 29.8 Å². The zero-order valence-corrected chi connectivity index (χ0v) is 23.5. The highest BCUT2D eigenvalue weighted by Gasteiger charge is 2.16. The molecule has 0 aliphatic heterocycles. The summed E-state index contributed by atoms with van der Waals surface area (Å²) in [5.74, 6) is 0.740. The Morgan fingerprint density at radius 1 is 1.10 bits per heavy atom. The third-order valence-electron chi connectivity index (χ3n) is 6.51. The number of H-pyrrole nitrogens is 1. The van der Waals surface area contributed by atoms with E-state index in [0.717, 1.165) is 23.9 Å². The molecule has 0 spiro atoms. The first-order chi connectivity index (χ1) is 19.8. The number of aryl methyl sites for hydroxylation is 1. The third kappa shape index (κ3) is 6.81. The van der Waals surface area contributed by atoms with Crippen LogP contribution in [-0.4, -0.2) is 58.7 Å². The first-order valence-corrected chi connectivity index (χ1v) is 14.8. The van der Waals surface area contributed by atoms with Crippen LogP contribution >= 0.6 is 0 Å². The van der Waals surface area contributed by atoms with Gasteiger partial charge in [-0.2, -0.15) is 9.97 Å². The van der Waals surface area contributed by atoms with Crippen LogP contribution in [0.3, 0.4) is 0 Å². The summed E-state index contributed by atoms with van der Waals surface area (Å²) in [7, 11) is -1.89. The average molecular weight is 574 g/mol. The summed E-state index contributed by atoms with van der Waals surface area (Å²) >= 11 is 0.